The number of aliphatic hydroxyl groups excluding tert-OH is 1. The molecular formula is C9H14O2. The van der Waals surface area contributed by atoms with Gasteiger partial charge in [-0.05, 0) is 30.6 Å². The minimum atomic E-state index is 0.321. The fraction of sp³-hybridized carbons (Fsp3) is 0.889. The van der Waals surface area contributed by atoms with Crippen LogP contribution in [0.5, 0.6) is 0 Å². The molecule has 2 aliphatic carbocycles. The van der Waals surface area contributed by atoms with Crippen molar-refractivity contribution in [3.05, 3.63) is 0 Å². The van der Waals surface area contributed by atoms with Crippen molar-refractivity contribution >= 4 is 5.78 Å². The summed E-state index contributed by atoms with van der Waals surface area (Å²) in [6, 6.07) is 0. The number of hydrogen-bond donors (Lipinski definition) is 1. The molecule has 0 amide bonds. The van der Waals surface area contributed by atoms with E-state index in [1.165, 1.54) is 0 Å². The Morgan fingerprint density at radius 1 is 1.27 bits per heavy atom. The highest BCUT2D eigenvalue weighted by Crippen LogP contribution is 2.44. The van der Waals surface area contributed by atoms with Crippen molar-refractivity contribution in [1.29, 1.82) is 0 Å². The Kier molecular flexibility index (Phi) is 1.72. The summed E-state index contributed by atoms with van der Waals surface area (Å²) in [4.78, 5) is 11.0. The van der Waals surface area contributed by atoms with Gasteiger partial charge in [-0.1, -0.05) is 0 Å². The van der Waals surface area contributed by atoms with Crippen LogP contribution in [0.1, 0.15) is 25.7 Å². The second-order valence-electron chi connectivity index (χ2n) is 3.99. The number of aliphatic hydroxyl groups is 1. The lowest BCUT2D eigenvalue weighted by atomic mass is 10.0. The van der Waals surface area contributed by atoms with E-state index < -0.39 is 0 Å². The highest BCUT2D eigenvalue weighted by molar-refractivity contribution is 5.81. The number of ketones is 1. The number of rotatable bonds is 1. The molecule has 0 aliphatic heterocycles. The van der Waals surface area contributed by atoms with E-state index in [1.54, 1.807) is 0 Å². The molecule has 0 heterocycles. The van der Waals surface area contributed by atoms with Crippen molar-refractivity contribution in [3.63, 3.8) is 0 Å². The molecule has 0 aromatic rings. The first kappa shape index (κ1) is 7.29. The van der Waals surface area contributed by atoms with Crippen LogP contribution < -0.4 is 0 Å². The monoisotopic (exact) mass is 154 g/mol. The van der Waals surface area contributed by atoms with Crippen LogP contribution in [-0.2, 0) is 4.79 Å². The zero-order chi connectivity index (χ0) is 7.84. The minimum Gasteiger partial charge on any atom is -0.396 e. The summed E-state index contributed by atoms with van der Waals surface area (Å²) in [6.07, 6.45) is 3.77. The van der Waals surface area contributed by atoms with E-state index in [-0.39, 0.29) is 0 Å². The third-order valence-electron chi connectivity index (χ3n) is 3.18. The van der Waals surface area contributed by atoms with Crippen LogP contribution in [0.4, 0.5) is 0 Å². The zero-order valence-corrected chi connectivity index (χ0v) is 6.62. The molecule has 2 saturated carbocycles. The van der Waals surface area contributed by atoms with Gasteiger partial charge < -0.3 is 5.11 Å². The molecule has 2 heteroatoms. The first-order valence-electron chi connectivity index (χ1n) is 4.42. The average molecular weight is 154 g/mol. The minimum absolute atomic E-state index is 0.321. The predicted octanol–water partition coefficient (Wildman–Crippen LogP) is 0.984. The number of fused-ring (bicyclic) bond motifs is 1. The van der Waals surface area contributed by atoms with Crippen LogP contribution in [-0.4, -0.2) is 17.5 Å². The summed E-state index contributed by atoms with van der Waals surface area (Å²) in [5.74, 6) is 2.19. The molecule has 62 valence electrons. The average Bonchev–Trinajstić information content (AvgIpc) is 2.43. The van der Waals surface area contributed by atoms with Crippen LogP contribution in [0.25, 0.3) is 0 Å². The van der Waals surface area contributed by atoms with Gasteiger partial charge in [0.2, 0.25) is 0 Å². The highest BCUT2D eigenvalue weighted by atomic mass is 16.3. The summed E-state index contributed by atoms with van der Waals surface area (Å²) >= 11 is 0. The summed E-state index contributed by atoms with van der Waals surface area (Å²) in [5, 5.41) is 8.90. The van der Waals surface area contributed by atoms with Crippen LogP contribution in [0.3, 0.4) is 0 Å². The quantitative estimate of drug-likeness (QED) is 0.611. The predicted molar refractivity (Wildman–Crippen MR) is 41.0 cm³/mol. The number of carbonyl (C=O) groups excluding carboxylic acids is 1. The van der Waals surface area contributed by atoms with E-state index >= 15 is 0 Å². The zero-order valence-electron chi connectivity index (χ0n) is 6.62. The molecule has 2 atom stereocenters. The number of carbonyl (C=O) groups is 1. The Labute approximate surface area is 66.6 Å². The molecule has 0 aromatic carbocycles. The Morgan fingerprint density at radius 3 is 2.27 bits per heavy atom. The second-order valence-corrected chi connectivity index (χ2v) is 3.99. The third kappa shape index (κ3) is 1.20. The van der Waals surface area contributed by atoms with Gasteiger partial charge in [-0.2, -0.15) is 0 Å². The Bertz CT molecular complexity index is 160. The maximum absolute atomic E-state index is 11.0. The largest absolute Gasteiger partial charge is 0.396 e. The summed E-state index contributed by atoms with van der Waals surface area (Å²) < 4.78 is 0. The van der Waals surface area contributed by atoms with E-state index in [0.29, 0.717) is 30.1 Å². The Balaban J connectivity index is 1.98. The van der Waals surface area contributed by atoms with Crippen molar-refractivity contribution in [2.24, 2.45) is 17.8 Å². The van der Waals surface area contributed by atoms with E-state index in [1.807, 2.05) is 0 Å². The van der Waals surface area contributed by atoms with Crippen LogP contribution >= 0.6 is 0 Å². The molecule has 2 unspecified atom stereocenters. The molecule has 1 N–H and O–H groups in total. The molecule has 0 bridgehead atoms. The van der Waals surface area contributed by atoms with Crippen LogP contribution in [0.2, 0.25) is 0 Å². The van der Waals surface area contributed by atoms with Crippen molar-refractivity contribution in [2.75, 3.05) is 6.61 Å². The molecule has 0 radical (unpaired) electrons. The molecule has 2 aliphatic rings. The van der Waals surface area contributed by atoms with Crippen molar-refractivity contribution in [2.45, 2.75) is 25.7 Å². The molecule has 2 fully saturated rings. The Morgan fingerprint density at radius 2 is 1.82 bits per heavy atom. The van der Waals surface area contributed by atoms with Gasteiger partial charge in [-0.25, -0.2) is 0 Å². The molecular weight excluding hydrogens is 140 g/mol. The molecule has 11 heavy (non-hydrogen) atoms. The maximum Gasteiger partial charge on any atom is 0.133 e. The van der Waals surface area contributed by atoms with Crippen LogP contribution in [0, 0.1) is 17.8 Å². The first-order chi connectivity index (χ1) is 5.29. The Hall–Kier alpha value is -0.370. The molecule has 0 saturated heterocycles. The lowest BCUT2D eigenvalue weighted by Crippen LogP contribution is -2.03. The fourth-order valence-electron chi connectivity index (χ4n) is 2.65. The summed E-state index contributed by atoms with van der Waals surface area (Å²) in [5.41, 5.74) is 0. The fourth-order valence-corrected chi connectivity index (χ4v) is 2.65. The lowest BCUT2D eigenvalue weighted by Gasteiger charge is -2.04. The van der Waals surface area contributed by atoms with Gasteiger partial charge in [0.15, 0.2) is 0 Å². The number of Topliss-reactive ketones (excluding diaryl/α,β-unsaturated/α-hetero) is 1. The normalized spacial score (nSPS) is 43.0. The van der Waals surface area contributed by atoms with Gasteiger partial charge in [-0.3, -0.25) is 4.79 Å². The van der Waals surface area contributed by atoms with E-state index in [4.69, 9.17) is 5.11 Å². The van der Waals surface area contributed by atoms with Gasteiger partial charge in [-0.15, -0.1) is 0 Å². The van der Waals surface area contributed by atoms with E-state index in [0.717, 1.165) is 25.7 Å². The number of hydrogen-bond acceptors (Lipinski definition) is 2. The molecule has 2 rings (SSSR count). The smallest absolute Gasteiger partial charge is 0.133 e. The van der Waals surface area contributed by atoms with Gasteiger partial charge in [0, 0.05) is 19.4 Å². The van der Waals surface area contributed by atoms with Gasteiger partial charge in [0.1, 0.15) is 5.78 Å². The first-order valence-corrected chi connectivity index (χ1v) is 4.42. The maximum atomic E-state index is 11.0. The SMILES string of the molecule is O=C1CC2CC(CO)CC2C1. The topological polar surface area (TPSA) is 37.3 Å². The molecule has 0 spiro atoms. The van der Waals surface area contributed by atoms with Gasteiger partial charge in [0.05, 0.1) is 0 Å². The lowest BCUT2D eigenvalue weighted by molar-refractivity contribution is -0.117. The summed E-state index contributed by atoms with van der Waals surface area (Å²) in [6.45, 7) is 0.321. The van der Waals surface area contributed by atoms with Crippen molar-refractivity contribution in [3.8, 4) is 0 Å². The van der Waals surface area contributed by atoms with Gasteiger partial charge >= 0.3 is 0 Å². The van der Waals surface area contributed by atoms with Gasteiger partial charge in [0.25, 0.3) is 0 Å². The third-order valence-corrected chi connectivity index (χ3v) is 3.18. The molecule has 0 aromatic heterocycles. The summed E-state index contributed by atoms with van der Waals surface area (Å²) in [7, 11) is 0. The van der Waals surface area contributed by atoms with Crippen LogP contribution in [0.15, 0.2) is 0 Å². The highest BCUT2D eigenvalue weighted by Gasteiger charge is 2.40. The molecule has 2 nitrogen and oxygen atoms in total. The standard InChI is InChI=1S/C9H14O2/c10-5-6-1-7-3-9(11)4-8(7)2-6/h6-8,10H,1-5H2. The second kappa shape index (κ2) is 2.59. The van der Waals surface area contributed by atoms with E-state index in [2.05, 4.69) is 0 Å². The van der Waals surface area contributed by atoms with E-state index in [9.17, 15) is 4.79 Å². The van der Waals surface area contributed by atoms with Crippen molar-refractivity contribution < 1.29 is 9.90 Å². The van der Waals surface area contributed by atoms with Crippen molar-refractivity contribution in [1.82, 2.24) is 0 Å².